The average Bonchev–Trinajstić information content (AvgIpc) is 2.99. The second-order valence-electron chi connectivity index (χ2n) is 3.91. The van der Waals surface area contributed by atoms with Gasteiger partial charge in [0.15, 0.2) is 0 Å². The molecule has 2 heterocycles. The van der Waals surface area contributed by atoms with Gasteiger partial charge in [-0.05, 0) is 30.5 Å². The van der Waals surface area contributed by atoms with E-state index in [9.17, 15) is 0 Å². The molecule has 0 aliphatic carbocycles. The highest BCUT2D eigenvalue weighted by Crippen LogP contribution is 2.35. The van der Waals surface area contributed by atoms with E-state index in [1.165, 1.54) is 15.3 Å². The van der Waals surface area contributed by atoms with Crippen LogP contribution < -0.4 is 0 Å². The van der Waals surface area contributed by atoms with Crippen molar-refractivity contribution in [3.05, 3.63) is 51.1 Å². The monoisotopic (exact) mass is 335 g/mol. The van der Waals surface area contributed by atoms with Crippen molar-refractivity contribution >= 4 is 38.6 Å². The summed E-state index contributed by atoms with van der Waals surface area (Å²) in [6.45, 7) is 2.13. The van der Waals surface area contributed by atoms with E-state index in [-0.39, 0.29) is 0 Å². The Morgan fingerprint density at radius 2 is 1.89 bits per heavy atom. The number of thiazole rings is 1. The first-order valence-electron chi connectivity index (χ1n) is 5.51. The number of benzene rings is 1. The van der Waals surface area contributed by atoms with Crippen LogP contribution in [0.4, 0.5) is 0 Å². The molecular weight excluding hydrogens is 326 g/mol. The van der Waals surface area contributed by atoms with E-state index in [1.807, 2.05) is 0 Å². The van der Waals surface area contributed by atoms with Gasteiger partial charge in [0.25, 0.3) is 0 Å². The molecule has 4 heteroatoms. The van der Waals surface area contributed by atoms with Crippen LogP contribution >= 0.6 is 38.6 Å². The molecule has 0 aliphatic heterocycles. The van der Waals surface area contributed by atoms with Crippen LogP contribution in [0.25, 0.3) is 21.1 Å². The minimum absolute atomic E-state index is 1.09. The summed E-state index contributed by atoms with van der Waals surface area (Å²) in [7, 11) is 0. The Balaban J connectivity index is 2.05. The maximum absolute atomic E-state index is 4.77. The third-order valence-corrected chi connectivity index (χ3v) is 5.07. The smallest absolute Gasteiger partial charge is 0.124 e. The summed E-state index contributed by atoms with van der Waals surface area (Å²) in [5.74, 6) is 0. The fraction of sp³-hybridized carbons (Fsp3) is 0.0714. The van der Waals surface area contributed by atoms with E-state index in [0.29, 0.717) is 0 Å². The van der Waals surface area contributed by atoms with Crippen LogP contribution in [-0.2, 0) is 0 Å². The summed E-state index contributed by atoms with van der Waals surface area (Å²) in [6, 6.07) is 12.5. The molecule has 0 aliphatic rings. The summed E-state index contributed by atoms with van der Waals surface area (Å²) in [6.07, 6.45) is 0. The predicted molar refractivity (Wildman–Crippen MR) is 83.3 cm³/mol. The molecule has 3 rings (SSSR count). The van der Waals surface area contributed by atoms with Gasteiger partial charge in [-0.2, -0.15) is 0 Å². The zero-order valence-corrected chi connectivity index (χ0v) is 12.9. The molecule has 1 nitrogen and oxygen atoms in total. The van der Waals surface area contributed by atoms with E-state index >= 15 is 0 Å². The zero-order chi connectivity index (χ0) is 12.5. The molecule has 0 fully saturated rings. The summed E-state index contributed by atoms with van der Waals surface area (Å²) in [4.78, 5) is 7.28. The number of hydrogen-bond acceptors (Lipinski definition) is 3. The molecule has 0 N–H and O–H groups in total. The van der Waals surface area contributed by atoms with Gasteiger partial charge in [0, 0.05) is 14.9 Å². The van der Waals surface area contributed by atoms with Gasteiger partial charge in [0.1, 0.15) is 5.01 Å². The maximum atomic E-state index is 4.77. The second-order valence-corrected chi connectivity index (χ2v) is 6.97. The molecule has 1 aromatic carbocycles. The molecule has 0 atom stereocenters. The highest BCUT2D eigenvalue weighted by molar-refractivity contribution is 9.10. The minimum Gasteiger partial charge on any atom is -0.235 e. The third-order valence-electron chi connectivity index (χ3n) is 2.64. The average molecular weight is 336 g/mol. The van der Waals surface area contributed by atoms with E-state index < -0.39 is 0 Å². The van der Waals surface area contributed by atoms with Crippen molar-refractivity contribution in [3.8, 4) is 21.1 Å². The van der Waals surface area contributed by atoms with E-state index in [0.717, 1.165) is 15.2 Å². The van der Waals surface area contributed by atoms with Crippen molar-refractivity contribution in [2.24, 2.45) is 0 Å². The van der Waals surface area contributed by atoms with Crippen molar-refractivity contribution in [2.75, 3.05) is 0 Å². The van der Waals surface area contributed by atoms with Crippen LogP contribution in [0.15, 0.2) is 46.3 Å². The maximum Gasteiger partial charge on any atom is 0.124 e. The van der Waals surface area contributed by atoms with Crippen LogP contribution in [-0.4, -0.2) is 4.98 Å². The number of thiophene rings is 1. The van der Waals surface area contributed by atoms with Crippen LogP contribution in [0.1, 0.15) is 4.88 Å². The summed E-state index contributed by atoms with van der Waals surface area (Å²) in [5, 5.41) is 3.18. The van der Waals surface area contributed by atoms with Gasteiger partial charge in [-0.3, -0.25) is 0 Å². The lowest BCUT2D eigenvalue weighted by Gasteiger charge is -1.95. The summed E-state index contributed by atoms with van der Waals surface area (Å²) in [5.41, 5.74) is 2.29. The Morgan fingerprint density at radius 3 is 2.56 bits per heavy atom. The van der Waals surface area contributed by atoms with Crippen molar-refractivity contribution in [2.45, 2.75) is 6.92 Å². The molecule has 0 unspecified atom stereocenters. The standard InChI is InChI=1S/C14H10BrNS2/c1-9-13(12-3-2-8-17-12)16-14(18-9)10-4-6-11(15)7-5-10/h2-8H,1H3. The quantitative estimate of drug-likeness (QED) is 0.593. The van der Waals surface area contributed by atoms with Crippen molar-refractivity contribution in [1.82, 2.24) is 4.98 Å². The topological polar surface area (TPSA) is 12.9 Å². The van der Waals surface area contributed by atoms with Crippen LogP contribution in [0, 0.1) is 6.92 Å². The minimum atomic E-state index is 1.09. The van der Waals surface area contributed by atoms with Gasteiger partial charge in [-0.1, -0.05) is 34.1 Å². The SMILES string of the molecule is Cc1sc(-c2ccc(Br)cc2)nc1-c1cccs1. The van der Waals surface area contributed by atoms with Gasteiger partial charge in [-0.25, -0.2) is 4.98 Å². The molecule has 3 aromatic rings. The Labute approximate surface area is 122 Å². The molecule has 0 spiro atoms. The van der Waals surface area contributed by atoms with Crippen LogP contribution in [0.2, 0.25) is 0 Å². The fourth-order valence-electron chi connectivity index (χ4n) is 1.75. The largest absolute Gasteiger partial charge is 0.235 e. The number of hydrogen-bond donors (Lipinski definition) is 0. The molecule has 90 valence electrons. The van der Waals surface area contributed by atoms with E-state index in [4.69, 9.17) is 4.98 Å². The van der Waals surface area contributed by atoms with Gasteiger partial charge >= 0.3 is 0 Å². The number of halogens is 1. The fourth-order valence-corrected chi connectivity index (χ4v) is 3.79. The Kier molecular flexibility index (Phi) is 3.33. The molecule has 18 heavy (non-hydrogen) atoms. The van der Waals surface area contributed by atoms with Crippen molar-refractivity contribution < 1.29 is 0 Å². The van der Waals surface area contributed by atoms with Crippen molar-refractivity contribution in [1.29, 1.82) is 0 Å². The molecule has 0 saturated heterocycles. The number of aromatic nitrogens is 1. The number of aryl methyl sites for hydroxylation is 1. The first-order valence-corrected chi connectivity index (χ1v) is 8.00. The lowest BCUT2D eigenvalue weighted by molar-refractivity contribution is 1.39. The van der Waals surface area contributed by atoms with Gasteiger partial charge in [0.05, 0.1) is 10.6 Å². The Hall–Kier alpha value is -0.970. The second kappa shape index (κ2) is 4.96. The lowest BCUT2D eigenvalue weighted by atomic mass is 10.2. The van der Waals surface area contributed by atoms with E-state index in [2.05, 4.69) is 64.6 Å². The first-order chi connectivity index (χ1) is 8.74. The summed E-state index contributed by atoms with van der Waals surface area (Å²) >= 11 is 6.94. The lowest BCUT2D eigenvalue weighted by Crippen LogP contribution is -1.77. The number of rotatable bonds is 2. The highest BCUT2D eigenvalue weighted by Gasteiger charge is 2.11. The molecule has 0 bridgehead atoms. The predicted octanol–water partition coefficient (Wildman–Crippen LogP) is 5.61. The zero-order valence-electron chi connectivity index (χ0n) is 9.68. The molecule has 0 radical (unpaired) electrons. The van der Waals surface area contributed by atoms with Gasteiger partial charge < -0.3 is 0 Å². The molecule has 0 amide bonds. The Morgan fingerprint density at radius 1 is 1.11 bits per heavy atom. The van der Waals surface area contributed by atoms with Crippen LogP contribution in [0.5, 0.6) is 0 Å². The van der Waals surface area contributed by atoms with Crippen LogP contribution in [0.3, 0.4) is 0 Å². The first kappa shape index (κ1) is 12.1. The summed E-state index contributed by atoms with van der Waals surface area (Å²) < 4.78 is 1.10. The van der Waals surface area contributed by atoms with E-state index in [1.54, 1.807) is 22.7 Å². The van der Waals surface area contributed by atoms with Gasteiger partial charge in [0.2, 0.25) is 0 Å². The molecule has 2 aromatic heterocycles. The third kappa shape index (κ3) is 2.28. The van der Waals surface area contributed by atoms with Gasteiger partial charge in [-0.15, -0.1) is 22.7 Å². The number of nitrogens with zero attached hydrogens (tertiary/aromatic N) is 1. The Bertz CT molecular complexity index is 654. The highest BCUT2D eigenvalue weighted by atomic mass is 79.9. The molecule has 0 saturated carbocycles. The normalized spacial score (nSPS) is 10.8. The van der Waals surface area contributed by atoms with Crippen molar-refractivity contribution in [3.63, 3.8) is 0 Å². The molecular formula is C14H10BrNS2.